The predicted octanol–water partition coefficient (Wildman–Crippen LogP) is 2.56. The molecule has 1 aromatic carbocycles. The zero-order valence-electron chi connectivity index (χ0n) is 14.3. The number of nitrogens with one attached hydrogen (secondary N) is 1. The lowest BCUT2D eigenvalue weighted by Gasteiger charge is -2.13. The Hall–Kier alpha value is -1.52. The van der Waals surface area contributed by atoms with E-state index in [4.69, 9.17) is 15.2 Å². The number of nitrogens with two attached hydrogens (primary N) is 1. The molecular weight excluding hydrogens is 453 g/mol. The number of aliphatic hydroxyl groups excluding tert-OH is 1. The van der Waals surface area contributed by atoms with E-state index >= 15 is 0 Å². The predicted molar refractivity (Wildman–Crippen MR) is 112 cm³/mol. The smallest absolute Gasteiger partial charge is 0.188 e. The van der Waals surface area contributed by atoms with Gasteiger partial charge in [0.25, 0.3) is 0 Å². The third-order valence-electron chi connectivity index (χ3n) is 3.45. The Morgan fingerprint density at radius 3 is 2.52 bits per heavy atom. The van der Waals surface area contributed by atoms with Gasteiger partial charge >= 0.3 is 0 Å². The molecule has 2 aromatic rings. The van der Waals surface area contributed by atoms with Crippen LogP contribution in [0.2, 0.25) is 0 Å². The molecule has 6 nitrogen and oxygen atoms in total. The summed E-state index contributed by atoms with van der Waals surface area (Å²) in [7, 11) is 3.14. The molecule has 1 atom stereocenters. The van der Waals surface area contributed by atoms with Gasteiger partial charge in [0.1, 0.15) is 11.5 Å². The van der Waals surface area contributed by atoms with Crippen molar-refractivity contribution in [1.82, 2.24) is 5.32 Å². The first-order valence-corrected chi connectivity index (χ1v) is 8.47. The summed E-state index contributed by atoms with van der Waals surface area (Å²) in [5.74, 6) is 1.56. The summed E-state index contributed by atoms with van der Waals surface area (Å²) < 4.78 is 10.4. The Balaban J connectivity index is 0.00000312. The van der Waals surface area contributed by atoms with Gasteiger partial charge in [0.2, 0.25) is 0 Å². The van der Waals surface area contributed by atoms with Crippen LogP contribution in [0.15, 0.2) is 40.7 Å². The monoisotopic (exact) mass is 477 g/mol. The van der Waals surface area contributed by atoms with Crippen molar-refractivity contribution in [3.8, 4) is 11.5 Å². The van der Waals surface area contributed by atoms with Gasteiger partial charge in [0.05, 0.1) is 26.9 Å². The Bertz CT molecular complexity index is 643. The lowest BCUT2D eigenvalue weighted by Crippen LogP contribution is -2.33. The van der Waals surface area contributed by atoms with Gasteiger partial charge < -0.3 is 25.6 Å². The molecule has 0 bridgehead atoms. The maximum absolute atomic E-state index is 10.3. The molecule has 2 rings (SSSR count). The molecule has 138 valence electrons. The summed E-state index contributed by atoms with van der Waals surface area (Å²) >= 11 is 1.71. The third kappa shape index (κ3) is 7.09. The minimum Gasteiger partial charge on any atom is -0.497 e. The van der Waals surface area contributed by atoms with Gasteiger partial charge in [-0.15, -0.1) is 35.3 Å². The minimum absolute atomic E-state index is 0. The fourth-order valence-electron chi connectivity index (χ4n) is 2.14. The standard InChI is InChI=1S/C17H23N3O3S.HI/c1-22-13-8-12(9-14(10-13)23-2)16(21)11-20-17(18)19-6-5-15-4-3-7-24-15;/h3-4,7-10,16,21H,5-6,11H2,1-2H3,(H3,18,19,20);1H. The topological polar surface area (TPSA) is 89.1 Å². The highest BCUT2D eigenvalue weighted by atomic mass is 127. The summed E-state index contributed by atoms with van der Waals surface area (Å²) in [6.45, 7) is 0.868. The number of ether oxygens (including phenoxy) is 2. The average molecular weight is 477 g/mol. The van der Waals surface area contributed by atoms with Crippen LogP contribution < -0.4 is 20.5 Å². The fraction of sp³-hybridized carbons (Fsp3) is 0.353. The summed E-state index contributed by atoms with van der Waals surface area (Å²) in [6.07, 6.45) is 0.107. The van der Waals surface area contributed by atoms with Crippen molar-refractivity contribution in [2.75, 3.05) is 27.3 Å². The second kappa shape index (κ2) is 11.2. The molecular formula is C17H24IN3O3S. The molecule has 8 heteroatoms. The number of halogens is 1. The van der Waals surface area contributed by atoms with Crippen LogP contribution in [0.5, 0.6) is 11.5 Å². The van der Waals surface area contributed by atoms with Gasteiger partial charge in [-0.2, -0.15) is 0 Å². The Morgan fingerprint density at radius 1 is 1.28 bits per heavy atom. The van der Waals surface area contributed by atoms with E-state index in [2.05, 4.69) is 16.4 Å². The molecule has 0 radical (unpaired) electrons. The number of hydrogen-bond donors (Lipinski definition) is 3. The van der Waals surface area contributed by atoms with Gasteiger partial charge in [-0.1, -0.05) is 6.07 Å². The van der Waals surface area contributed by atoms with Crippen molar-refractivity contribution in [1.29, 1.82) is 0 Å². The van der Waals surface area contributed by atoms with Crippen molar-refractivity contribution < 1.29 is 14.6 Å². The SMILES string of the molecule is COc1cc(OC)cc(C(O)CN=C(N)NCCc2cccs2)c1.I. The number of aliphatic hydroxyl groups is 1. The number of thiophene rings is 1. The van der Waals surface area contributed by atoms with E-state index in [-0.39, 0.29) is 30.5 Å². The van der Waals surface area contributed by atoms with Gasteiger partial charge in [-0.25, -0.2) is 0 Å². The molecule has 1 unspecified atom stereocenters. The highest BCUT2D eigenvalue weighted by Gasteiger charge is 2.11. The maximum atomic E-state index is 10.3. The Morgan fingerprint density at radius 2 is 1.96 bits per heavy atom. The van der Waals surface area contributed by atoms with Crippen LogP contribution in [-0.4, -0.2) is 38.4 Å². The van der Waals surface area contributed by atoms with Gasteiger partial charge in [-0.3, -0.25) is 4.99 Å². The summed E-state index contributed by atoms with van der Waals surface area (Å²) in [5.41, 5.74) is 6.50. The number of nitrogens with zero attached hydrogens (tertiary/aromatic N) is 1. The molecule has 0 saturated carbocycles. The minimum atomic E-state index is -0.786. The molecule has 0 fully saturated rings. The van der Waals surface area contributed by atoms with E-state index in [9.17, 15) is 5.11 Å². The van der Waals surface area contributed by atoms with E-state index < -0.39 is 6.10 Å². The van der Waals surface area contributed by atoms with Gasteiger partial charge in [-0.05, 0) is 35.6 Å². The van der Waals surface area contributed by atoms with Crippen LogP contribution in [-0.2, 0) is 6.42 Å². The van der Waals surface area contributed by atoms with Gasteiger partial charge in [0.15, 0.2) is 5.96 Å². The van der Waals surface area contributed by atoms with Crippen molar-refractivity contribution in [3.05, 3.63) is 46.2 Å². The van der Waals surface area contributed by atoms with E-state index in [0.29, 0.717) is 29.6 Å². The highest BCUT2D eigenvalue weighted by molar-refractivity contribution is 14.0. The molecule has 0 aliphatic rings. The first-order valence-electron chi connectivity index (χ1n) is 7.59. The zero-order valence-corrected chi connectivity index (χ0v) is 17.4. The zero-order chi connectivity index (χ0) is 17.4. The molecule has 1 aromatic heterocycles. The summed E-state index contributed by atoms with van der Waals surface area (Å²) in [5, 5.41) is 15.4. The van der Waals surface area contributed by atoms with Crippen LogP contribution in [0.3, 0.4) is 0 Å². The van der Waals surface area contributed by atoms with E-state index in [1.165, 1.54) is 4.88 Å². The average Bonchev–Trinajstić information content (AvgIpc) is 3.12. The lowest BCUT2D eigenvalue weighted by molar-refractivity contribution is 0.186. The maximum Gasteiger partial charge on any atom is 0.188 e. The summed E-state index contributed by atoms with van der Waals surface area (Å²) in [4.78, 5) is 5.48. The number of aliphatic imine (C=N–C) groups is 1. The largest absolute Gasteiger partial charge is 0.497 e. The van der Waals surface area contributed by atoms with Crippen LogP contribution in [0, 0.1) is 0 Å². The molecule has 0 amide bonds. The fourth-order valence-corrected chi connectivity index (χ4v) is 2.85. The molecule has 4 N–H and O–H groups in total. The quantitative estimate of drug-likeness (QED) is 0.309. The van der Waals surface area contributed by atoms with Crippen LogP contribution in [0.1, 0.15) is 16.5 Å². The molecule has 25 heavy (non-hydrogen) atoms. The van der Waals surface area contributed by atoms with E-state index in [1.807, 2.05) is 11.4 Å². The van der Waals surface area contributed by atoms with Crippen LogP contribution in [0.25, 0.3) is 0 Å². The van der Waals surface area contributed by atoms with Crippen molar-refractivity contribution >= 4 is 41.3 Å². The molecule has 0 spiro atoms. The van der Waals surface area contributed by atoms with Crippen LogP contribution >= 0.6 is 35.3 Å². The summed E-state index contributed by atoms with van der Waals surface area (Å²) in [6, 6.07) is 9.36. The van der Waals surface area contributed by atoms with E-state index in [0.717, 1.165) is 6.42 Å². The highest BCUT2D eigenvalue weighted by Crippen LogP contribution is 2.26. The molecule has 1 heterocycles. The third-order valence-corrected chi connectivity index (χ3v) is 4.39. The lowest BCUT2D eigenvalue weighted by atomic mass is 10.1. The van der Waals surface area contributed by atoms with Crippen molar-refractivity contribution in [2.45, 2.75) is 12.5 Å². The molecule has 0 aliphatic heterocycles. The Kier molecular flexibility index (Phi) is 9.61. The Labute approximate surface area is 169 Å². The van der Waals surface area contributed by atoms with E-state index in [1.54, 1.807) is 43.8 Å². The number of rotatable bonds is 8. The second-order valence-corrected chi connectivity index (χ2v) is 6.18. The van der Waals surface area contributed by atoms with Crippen LogP contribution in [0.4, 0.5) is 0 Å². The number of methoxy groups -OCH3 is 2. The molecule has 0 aliphatic carbocycles. The normalized spacial score (nSPS) is 12.2. The number of benzene rings is 1. The van der Waals surface area contributed by atoms with Crippen molar-refractivity contribution in [2.24, 2.45) is 10.7 Å². The first-order chi connectivity index (χ1) is 11.6. The van der Waals surface area contributed by atoms with Gasteiger partial charge in [0, 0.05) is 17.5 Å². The number of hydrogen-bond acceptors (Lipinski definition) is 5. The first kappa shape index (κ1) is 21.5. The van der Waals surface area contributed by atoms with Crippen molar-refractivity contribution in [3.63, 3.8) is 0 Å². The molecule has 0 saturated heterocycles. The second-order valence-electron chi connectivity index (χ2n) is 5.14. The number of guanidine groups is 1.